The molecule has 6 nitrogen and oxygen atoms in total. The number of rotatable bonds is 1. The first kappa shape index (κ1) is 7.87. The minimum absolute atomic E-state index is 0.252. The molecule has 2 heterocycles. The number of nitrogens with two attached hydrogens (primary N) is 1. The van der Waals surface area contributed by atoms with Gasteiger partial charge in [-0.05, 0) is 11.4 Å². The summed E-state index contributed by atoms with van der Waals surface area (Å²) in [7, 11) is 0. The largest absolute Gasteiger partial charge is 0.348 e. The first-order valence-corrected chi connectivity index (χ1v) is 4.27. The van der Waals surface area contributed by atoms with E-state index in [0.29, 0.717) is 0 Å². The number of thiophene rings is 1. The van der Waals surface area contributed by atoms with E-state index in [0.717, 1.165) is 10.2 Å². The van der Waals surface area contributed by atoms with Crippen molar-refractivity contribution in [3.8, 4) is 0 Å². The van der Waals surface area contributed by atoms with Gasteiger partial charge in [0.25, 0.3) is 0 Å². The average molecular weight is 195 g/mol. The Bertz CT molecular complexity index is 513. The highest BCUT2D eigenvalue weighted by atomic mass is 32.1. The molecule has 0 aliphatic carbocycles. The van der Waals surface area contributed by atoms with Gasteiger partial charge in [-0.15, -0.1) is 16.5 Å². The maximum Gasteiger partial charge on any atom is 0.348 e. The smallest absolute Gasteiger partial charge is 0.305 e. The Morgan fingerprint density at radius 2 is 2.46 bits per heavy atom. The molecule has 66 valence electrons. The summed E-state index contributed by atoms with van der Waals surface area (Å²) in [6.07, 6.45) is 0. The molecule has 0 aliphatic heterocycles. The molecule has 0 saturated carbocycles. The van der Waals surface area contributed by atoms with Crippen LogP contribution in [0.2, 0.25) is 0 Å². The van der Waals surface area contributed by atoms with Gasteiger partial charge in [-0.1, -0.05) is 5.22 Å². The van der Waals surface area contributed by atoms with Crippen LogP contribution in [0.3, 0.4) is 0 Å². The van der Waals surface area contributed by atoms with Gasteiger partial charge in [0, 0.05) is 0 Å². The van der Waals surface area contributed by atoms with Crippen LogP contribution in [0.5, 0.6) is 0 Å². The molecule has 0 bridgehead atoms. The molecule has 7 heteroatoms. The highest BCUT2D eigenvalue weighted by molar-refractivity contribution is 7.16. The predicted octanol–water partition coefficient (Wildman–Crippen LogP) is 0.942. The normalized spacial score (nSPS) is 11.4. The van der Waals surface area contributed by atoms with Gasteiger partial charge in [0.2, 0.25) is 0 Å². The van der Waals surface area contributed by atoms with Crippen LogP contribution >= 0.6 is 11.3 Å². The van der Waals surface area contributed by atoms with E-state index in [1.807, 2.05) is 5.38 Å². The third-order valence-electron chi connectivity index (χ3n) is 1.49. The van der Waals surface area contributed by atoms with Crippen molar-refractivity contribution in [2.75, 3.05) is 0 Å². The van der Waals surface area contributed by atoms with Gasteiger partial charge in [0.05, 0.1) is 5.39 Å². The monoisotopic (exact) mass is 195 g/mol. The minimum atomic E-state index is -0.447. The van der Waals surface area contributed by atoms with Crippen LogP contribution in [0.15, 0.2) is 26.6 Å². The van der Waals surface area contributed by atoms with Crippen LogP contribution in [-0.2, 0) is 0 Å². The van der Waals surface area contributed by atoms with Gasteiger partial charge in [0.1, 0.15) is 4.83 Å². The van der Waals surface area contributed by atoms with Crippen molar-refractivity contribution < 1.29 is 0 Å². The molecule has 0 fully saturated rings. The van der Waals surface area contributed by atoms with E-state index in [1.54, 1.807) is 6.07 Å². The molecule has 0 radical (unpaired) electrons. The third kappa shape index (κ3) is 1.29. The Labute approximate surface area is 76.1 Å². The van der Waals surface area contributed by atoms with Crippen LogP contribution in [0.4, 0.5) is 5.82 Å². The Balaban J connectivity index is 2.84. The summed E-state index contributed by atoms with van der Waals surface area (Å²) in [6.45, 7) is 0. The minimum Gasteiger partial charge on any atom is -0.305 e. The third-order valence-corrected chi connectivity index (χ3v) is 2.32. The molecule has 0 atom stereocenters. The van der Waals surface area contributed by atoms with Crippen molar-refractivity contribution in [2.24, 2.45) is 16.2 Å². The molecule has 0 aliphatic rings. The van der Waals surface area contributed by atoms with Crippen LogP contribution < -0.4 is 11.5 Å². The van der Waals surface area contributed by atoms with E-state index in [1.165, 1.54) is 11.3 Å². The zero-order valence-corrected chi connectivity index (χ0v) is 7.21. The number of H-pyrrole nitrogens is 1. The van der Waals surface area contributed by atoms with Crippen LogP contribution in [-0.4, -0.2) is 9.97 Å². The number of nitrogens with one attached hydrogen (secondary N) is 1. The van der Waals surface area contributed by atoms with Gasteiger partial charge in [-0.3, -0.25) is 4.98 Å². The Morgan fingerprint density at radius 1 is 1.62 bits per heavy atom. The SMILES string of the molecule is NN=Nc1nc(=O)[nH]c2sccc12. The van der Waals surface area contributed by atoms with Crippen molar-refractivity contribution in [3.05, 3.63) is 21.9 Å². The lowest BCUT2D eigenvalue weighted by Crippen LogP contribution is -2.08. The van der Waals surface area contributed by atoms with Gasteiger partial charge < -0.3 is 5.84 Å². The lowest BCUT2D eigenvalue weighted by atomic mass is 10.4. The van der Waals surface area contributed by atoms with E-state index >= 15 is 0 Å². The molecule has 0 spiro atoms. The van der Waals surface area contributed by atoms with Crippen molar-refractivity contribution in [1.82, 2.24) is 9.97 Å². The standard InChI is InChI=1S/C6H5N5OS/c7-11-10-4-3-1-2-13-5(3)9-6(12)8-4/h1-2H,(H3,7,8,9,10,12). The molecular formula is C6H5N5OS. The number of hydrogen-bond acceptors (Lipinski definition) is 5. The summed E-state index contributed by atoms with van der Waals surface area (Å²) in [6, 6.07) is 1.80. The van der Waals surface area contributed by atoms with Crippen molar-refractivity contribution in [1.29, 1.82) is 0 Å². The highest BCUT2D eigenvalue weighted by Gasteiger charge is 2.04. The second-order valence-corrected chi connectivity index (χ2v) is 3.16. The van der Waals surface area contributed by atoms with Gasteiger partial charge >= 0.3 is 5.69 Å². The predicted molar refractivity (Wildman–Crippen MR) is 48.9 cm³/mol. The second kappa shape index (κ2) is 2.94. The van der Waals surface area contributed by atoms with E-state index < -0.39 is 5.69 Å². The van der Waals surface area contributed by atoms with Gasteiger partial charge in [0.15, 0.2) is 5.82 Å². The molecule has 0 unspecified atom stereocenters. The molecule has 13 heavy (non-hydrogen) atoms. The molecular weight excluding hydrogens is 190 g/mol. The van der Waals surface area contributed by atoms with Gasteiger partial charge in [-0.25, -0.2) is 4.79 Å². The number of aromatic amines is 1. The number of nitrogens with zero attached hydrogens (tertiary/aromatic N) is 3. The summed E-state index contributed by atoms with van der Waals surface area (Å²) in [5, 5.41) is 9.22. The summed E-state index contributed by atoms with van der Waals surface area (Å²) in [5.74, 6) is 5.13. The maximum absolute atomic E-state index is 11.0. The molecule has 2 aromatic heterocycles. The highest BCUT2D eigenvalue weighted by Crippen LogP contribution is 2.24. The fraction of sp³-hybridized carbons (Fsp3) is 0. The van der Waals surface area contributed by atoms with E-state index in [4.69, 9.17) is 5.84 Å². The Hall–Kier alpha value is -1.76. The number of hydrogen-bond donors (Lipinski definition) is 2. The molecule has 0 saturated heterocycles. The number of aromatic nitrogens is 2. The first-order chi connectivity index (χ1) is 6.31. The molecule has 0 amide bonds. The molecule has 2 rings (SSSR count). The summed E-state index contributed by atoms with van der Waals surface area (Å²) in [4.78, 5) is 17.9. The summed E-state index contributed by atoms with van der Waals surface area (Å²) < 4.78 is 0. The fourth-order valence-corrected chi connectivity index (χ4v) is 1.77. The fourth-order valence-electron chi connectivity index (χ4n) is 0.995. The van der Waals surface area contributed by atoms with Crippen LogP contribution in [0.25, 0.3) is 10.2 Å². The van der Waals surface area contributed by atoms with Crippen LogP contribution in [0, 0.1) is 0 Å². The maximum atomic E-state index is 11.0. The lowest BCUT2D eigenvalue weighted by Gasteiger charge is -1.91. The first-order valence-electron chi connectivity index (χ1n) is 3.39. The van der Waals surface area contributed by atoms with E-state index in [9.17, 15) is 4.79 Å². The summed E-state index contributed by atoms with van der Waals surface area (Å²) in [5.41, 5.74) is -0.447. The second-order valence-electron chi connectivity index (χ2n) is 2.24. The zero-order valence-electron chi connectivity index (χ0n) is 6.39. The number of fused-ring (bicyclic) bond motifs is 1. The van der Waals surface area contributed by atoms with E-state index in [2.05, 4.69) is 20.3 Å². The van der Waals surface area contributed by atoms with Crippen molar-refractivity contribution in [3.63, 3.8) is 0 Å². The Kier molecular flexibility index (Phi) is 1.78. The topological polar surface area (TPSA) is 96.5 Å². The van der Waals surface area contributed by atoms with Crippen LogP contribution in [0.1, 0.15) is 0 Å². The van der Waals surface area contributed by atoms with Crippen molar-refractivity contribution >= 4 is 27.4 Å². The zero-order chi connectivity index (χ0) is 9.26. The van der Waals surface area contributed by atoms with Gasteiger partial charge in [-0.2, -0.15) is 4.98 Å². The average Bonchev–Trinajstić information content (AvgIpc) is 2.52. The molecule has 3 N–H and O–H groups in total. The Morgan fingerprint density at radius 3 is 3.23 bits per heavy atom. The lowest BCUT2D eigenvalue weighted by molar-refractivity contribution is 1.01. The molecule has 0 aromatic carbocycles. The molecule has 2 aromatic rings. The van der Waals surface area contributed by atoms with E-state index in [-0.39, 0.29) is 5.82 Å². The summed E-state index contributed by atoms with van der Waals surface area (Å²) >= 11 is 1.40. The quantitative estimate of drug-likeness (QED) is 0.402. The van der Waals surface area contributed by atoms with Crippen molar-refractivity contribution in [2.45, 2.75) is 0 Å².